The largest absolute Gasteiger partial charge is 0.207 e. The molecule has 0 aliphatic heterocycles. The highest BCUT2D eigenvalue weighted by molar-refractivity contribution is 9.10. The third-order valence-electron chi connectivity index (χ3n) is 1.52. The van der Waals surface area contributed by atoms with Gasteiger partial charge in [-0.25, -0.2) is 8.78 Å². The Morgan fingerprint density at radius 2 is 2.08 bits per heavy atom. The predicted octanol–water partition coefficient (Wildman–Crippen LogP) is 3.84. The molecule has 0 nitrogen and oxygen atoms in total. The van der Waals surface area contributed by atoms with Gasteiger partial charge in [0.25, 0.3) is 0 Å². The van der Waals surface area contributed by atoms with Crippen molar-refractivity contribution in [2.24, 2.45) is 0 Å². The van der Waals surface area contributed by atoms with E-state index in [1.54, 1.807) is 6.92 Å². The number of halogens is 3. The molecule has 0 aromatic heterocycles. The number of aryl methyl sites for hydroxylation is 1. The number of hydrogen-bond acceptors (Lipinski definition) is 0. The lowest BCUT2D eigenvalue weighted by atomic mass is 10.1. The summed E-state index contributed by atoms with van der Waals surface area (Å²) in [6.07, 6.45) is 0. The summed E-state index contributed by atoms with van der Waals surface area (Å²) in [5.74, 6) is -1.09. The van der Waals surface area contributed by atoms with Crippen LogP contribution in [0.25, 0.3) is 5.83 Å². The zero-order chi connectivity index (χ0) is 9.30. The van der Waals surface area contributed by atoms with Gasteiger partial charge in [-0.1, -0.05) is 6.58 Å². The van der Waals surface area contributed by atoms with Gasteiger partial charge in [-0.2, -0.15) is 0 Å². The van der Waals surface area contributed by atoms with Crippen molar-refractivity contribution in [1.29, 1.82) is 0 Å². The first kappa shape index (κ1) is 9.39. The van der Waals surface area contributed by atoms with Crippen LogP contribution >= 0.6 is 15.9 Å². The van der Waals surface area contributed by atoms with Crippen LogP contribution < -0.4 is 0 Å². The van der Waals surface area contributed by atoms with Gasteiger partial charge in [-0.3, -0.25) is 0 Å². The van der Waals surface area contributed by atoms with E-state index >= 15 is 0 Å². The monoisotopic (exact) mass is 232 g/mol. The van der Waals surface area contributed by atoms with Crippen molar-refractivity contribution in [3.05, 3.63) is 40.1 Å². The fourth-order valence-corrected chi connectivity index (χ4v) is 1.11. The van der Waals surface area contributed by atoms with Crippen LogP contribution in [0.1, 0.15) is 11.1 Å². The molecule has 0 unspecified atom stereocenters. The lowest BCUT2D eigenvalue weighted by molar-refractivity contribution is 0.617. The van der Waals surface area contributed by atoms with E-state index in [9.17, 15) is 8.78 Å². The molecule has 3 heteroatoms. The van der Waals surface area contributed by atoms with Gasteiger partial charge in [0, 0.05) is 5.56 Å². The SMILES string of the molecule is C=C(F)c1cc(C)c(Br)c(F)c1. The molecule has 1 aromatic carbocycles. The average molecular weight is 233 g/mol. The molecule has 12 heavy (non-hydrogen) atoms. The van der Waals surface area contributed by atoms with Crippen molar-refractivity contribution in [3.8, 4) is 0 Å². The third-order valence-corrected chi connectivity index (χ3v) is 2.53. The van der Waals surface area contributed by atoms with Crippen molar-refractivity contribution in [2.45, 2.75) is 6.92 Å². The Balaban J connectivity index is 3.31. The van der Waals surface area contributed by atoms with Crippen LogP contribution in [0.4, 0.5) is 8.78 Å². The smallest absolute Gasteiger partial charge is 0.138 e. The van der Waals surface area contributed by atoms with E-state index in [1.165, 1.54) is 6.07 Å². The Kier molecular flexibility index (Phi) is 2.62. The zero-order valence-electron chi connectivity index (χ0n) is 6.50. The molecule has 0 saturated heterocycles. The van der Waals surface area contributed by atoms with Gasteiger partial charge >= 0.3 is 0 Å². The summed E-state index contributed by atoms with van der Waals surface area (Å²) in [5, 5.41) is 0. The van der Waals surface area contributed by atoms with E-state index in [0.29, 0.717) is 10.0 Å². The molecular weight excluding hydrogens is 226 g/mol. The minimum atomic E-state index is -0.621. The van der Waals surface area contributed by atoms with Gasteiger partial charge in [0.1, 0.15) is 11.6 Å². The maximum Gasteiger partial charge on any atom is 0.138 e. The van der Waals surface area contributed by atoms with Crippen LogP contribution in [-0.2, 0) is 0 Å². The van der Waals surface area contributed by atoms with Crippen molar-refractivity contribution in [2.75, 3.05) is 0 Å². The molecule has 1 aromatic rings. The lowest BCUT2D eigenvalue weighted by Gasteiger charge is -2.02. The Hall–Kier alpha value is -0.700. The third kappa shape index (κ3) is 1.72. The maximum atomic E-state index is 12.9. The van der Waals surface area contributed by atoms with E-state index in [1.807, 2.05) is 0 Å². The summed E-state index contributed by atoms with van der Waals surface area (Å²) in [6.45, 7) is 4.78. The van der Waals surface area contributed by atoms with Gasteiger partial charge < -0.3 is 0 Å². The van der Waals surface area contributed by atoms with Crippen LogP contribution in [0.15, 0.2) is 23.2 Å². The molecule has 0 fully saturated rings. The second-order valence-corrected chi connectivity index (χ2v) is 3.29. The van der Waals surface area contributed by atoms with Gasteiger partial charge in [-0.15, -0.1) is 0 Å². The molecule has 0 atom stereocenters. The minimum Gasteiger partial charge on any atom is -0.207 e. The Morgan fingerprint density at radius 3 is 2.50 bits per heavy atom. The van der Waals surface area contributed by atoms with Crippen molar-refractivity contribution >= 4 is 21.8 Å². The summed E-state index contributed by atoms with van der Waals surface area (Å²) in [7, 11) is 0. The summed E-state index contributed by atoms with van der Waals surface area (Å²) >= 11 is 3.04. The number of benzene rings is 1. The summed E-state index contributed by atoms with van der Waals surface area (Å²) in [5.41, 5.74) is 0.844. The van der Waals surface area contributed by atoms with Crippen LogP contribution in [0, 0.1) is 12.7 Å². The van der Waals surface area contributed by atoms with E-state index in [0.717, 1.165) is 6.07 Å². The topological polar surface area (TPSA) is 0 Å². The quantitative estimate of drug-likeness (QED) is 0.691. The lowest BCUT2D eigenvalue weighted by Crippen LogP contribution is -1.86. The molecule has 0 saturated carbocycles. The highest BCUT2D eigenvalue weighted by atomic mass is 79.9. The van der Waals surface area contributed by atoms with Crippen LogP contribution in [0.2, 0.25) is 0 Å². The summed E-state index contributed by atoms with van der Waals surface area (Å²) in [6, 6.07) is 2.65. The van der Waals surface area contributed by atoms with E-state index < -0.39 is 11.6 Å². The van der Waals surface area contributed by atoms with Gasteiger partial charge in [0.2, 0.25) is 0 Å². The molecule has 0 radical (unpaired) electrons. The number of hydrogen-bond donors (Lipinski definition) is 0. The molecule has 0 bridgehead atoms. The predicted molar refractivity (Wildman–Crippen MR) is 49.0 cm³/mol. The van der Waals surface area contributed by atoms with Crippen LogP contribution in [-0.4, -0.2) is 0 Å². The Morgan fingerprint density at radius 1 is 1.50 bits per heavy atom. The fourth-order valence-electron chi connectivity index (χ4n) is 0.883. The molecule has 64 valence electrons. The molecule has 0 N–H and O–H groups in total. The van der Waals surface area contributed by atoms with Gasteiger partial charge in [0.05, 0.1) is 4.47 Å². The number of rotatable bonds is 1. The Bertz CT molecular complexity index is 308. The molecule has 0 aliphatic carbocycles. The first-order valence-electron chi connectivity index (χ1n) is 3.33. The molecule has 0 amide bonds. The van der Waals surface area contributed by atoms with Crippen molar-refractivity contribution in [3.63, 3.8) is 0 Å². The standard InChI is InChI=1S/C9H7BrF2/c1-5-3-7(6(2)11)4-8(12)9(5)10/h3-4H,2H2,1H3. The molecular formula is C9H7BrF2. The zero-order valence-corrected chi connectivity index (χ0v) is 8.08. The fraction of sp³-hybridized carbons (Fsp3) is 0.111. The molecule has 0 heterocycles. The van der Waals surface area contributed by atoms with Crippen molar-refractivity contribution < 1.29 is 8.78 Å². The first-order chi connectivity index (χ1) is 5.52. The average Bonchev–Trinajstić information content (AvgIpc) is 1.99. The molecule has 0 spiro atoms. The normalized spacial score (nSPS) is 10.0. The van der Waals surface area contributed by atoms with Crippen LogP contribution in [0.5, 0.6) is 0 Å². The van der Waals surface area contributed by atoms with Crippen LogP contribution in [0.3, 0.4) is 0 Å². The molecule has 0 aliphatic rings. The van der Waals surface area contributed by atoms with E-state index in [4.69, 9.17) is 0 Å². The van der Waals surface area contributed by atoms with Crippen molar-refractivity contribution in [1.82, 2.24) is 0 Å². The van der Waals surface area contributed by atoms with Gasteiger partial charge in [-0.05, 0) is 40.5 Å². The molecule has 1 rings (SSSR count). The van der Waals surface area contributed by atoms with E-state index in [2.05, 4.69) is 22.5 Å². The highest BCUT2D eigenvalue weighted by Gasteiger charge is 2.06. The summed E-state index contributed by atoms with van der Waals surface area (Å²) < 4.78 is 25.9. The van der Waals surface area contributed by atoms with Gasteiger partial charge in [0.15, 0.2) is 0 Å². The second kappa shape index (κ2) is 3.35. The minimum absolute atomic E-state index is 0.188. The maximum absolute atomic E-state index is 12.9. The summed E-state index contributed by atoms with van der Waals surface area (Å²) in [4.78, 5) is 0. The second-order valence-electron chi connectivity index (χ2n) is 2.49. The highest BCUT2D eigenvalue weighted by Crippen LogP contribution is 2.25. The first-order valence-corrected chi connectivity index (χ1v) is 4.12. The Labute approximate surface area is 78.0 Å². The van der Waals surface area contributed by atoms with E-state index in [-0.39, 0.29) is 5.56 Å².